The van der Waals surface area contributed by atoms with Crippen LogP contribution in [0, 0.1) is 52.3 Å². The lowest BCUT2D eigenvalue weighted by Crippen LogP contribution is -2.53. The molecule has 4 saturated carbocycles. The Morgan fingerprint density at radius 2 is 1.85 bits per heavy atom. The maximum atomic E-state index is 10.9. The van der Waals surface area contributed by atoms with Crippen molar-refractivity contribution in [3.8, 4) is 0 Å². The number of allylic oxidation sites excluding steroid dienone is 1. The average Bonchev–Trinajstić information content (AvgIpc) is 3.61. The van der Waals surface area contributed by atoms with Gasteiger partial charge in [-0.2, -0.15) is 0 Å². The molecule has 2 spiro atoms. The number of carbonyl (C=O) groups is 1. The van der Waals surface area contributed by atoms with Crippen LogP contribution in [0.4, 0.5) is 0 Å². The van der Waals surface area contributed by atoms with E-state index in [1.54, 1.807) is 0 Å². The number of ether oxygens (including phenoxy) is 2. The van der Waals surface area contributed by atoms with Gasteiger partial charge >= 0.3 is 0 Å². The van der Waals surface area contributed by atoms with Crippen molar-refractivity contribution in [3.63, 3.8) is 0 Å². The SMILES string of the molecule is CC.CC(C)CC1CCC2(C)C(CC=C3C2CCC2C4COC5(CCC4O)C(C)C325)C1.O=COCc1ccccc1. The molecule has 2 aliphatic heterocycles. The predicted octanol–water partition coefficient (Wildman–Crippen LogP) is 8.37. The monoisotopic (exact) mass is 564 g/mol. The summed E-state index contributed by atoms with van der Waals surface area (Å²) in [5.74, 6) is 5.17. The van der Waals surface area contributed by atoms with E-state index in [0.29, 0.717) is 36.2 Å². The Labute approximate surface area is 249 Å². The summed E-state index contributed by atoms with van der Waals surface area (Å²) < 4.78 is 11.2. The Morgan fingerprint density at radius 1 is 1.10 bits per heavy atom. The van der Waals surface area contributed by atoms with E-state index in [0.717, 1.165) is 48.7 Å². The maximum absolute atomic E-state index is 10.9. The minimum absolute atomic E-state index is 0.0637. The number of hydrogen-bond donors (Lipinski definition) is 1. The van der Waals surface area contributed by atoms with Crippen molar-refractivity contribution >= 4 is 6.47 Å². The van der Waals surface area contributed by atoms with E-state index >= 15 is 0 Å². The Balaban J connectivity index is 0.000000239. The van der Waals surface area contributed by atoms with Crippen LogP contribution in [-0.2, 0) is 20.9 Å². The van der Waals surface area contributed by atoms with Crippen LogP contribution in [0.5, 0.6) is 0 Å². The van der Waals surface area contributed by atoms with Crippen LogP contribution in [0.3, 0.4) is 0 Å². The molecule has 6 fully saturated rings. The minimum atomic E-state index is -0.133. The topological polar surface area (TPSA) is 55.8 Å². The Morgan fingerprint density at radius 3 is 2.56 bits per heavy atom. The molecule has 1 aromatic rings. The van der Waals surface area contributed by atoms with Gasteiger partial charge in [0.1, 0.15) is 6.61 Å². The van der Waals surface area contributed by atoms with E-state index in [1.807, 2.05) is 49.8 Å². The lowest BCUT2D eigenvalue weighted by atomic mass is 9.47. The normalized spacial score (nSPS) is 43.2. The minimum Gasteiger partial charge on any atom is -0.463 e. The van der Waals surface area contributed by atoms with E-state index in [4.69, 9.17) is 4.74 Å². The zero-order chi connectivity index (χ0) is 29.4. The summed E-state index contributed by atoms with van der Waals surface area (Å²) in [7, 11) is 0. The summed E-state index contributed by atoms with van der Waals surface area (Å²) in [5.41, 5.74) is 3.67. The molecule has 2 heterocycles. The second-order valence-electron chi connectivity index (χ2n) is 14.6. The molecule has 8 rings (SSSR count). The first-order valence-electron chi connectivity index (χ1n) is 16.9. The molecule has 0 amide bonds. The van der Waals surface area contributed by atoms with Crippen LogP contribution in [0.25, 0.3) is 0 Å². The zero-order valence-electron chi connectivity index (χ0n) is 26.6. The Kier molecular flexibility index (Phi) is 9.13. The third kappa shape index (κ3) is 4.93. The Bertz CT molecular complexity index is 1070. The van der Waals surface area contributed by atoms with E-state index < -0.39 is 0 Å². The number of carbonyl (C=O) groups excluding carboxylic acids is 1. The van der Waals surface area contributed by atoms with Gasteiger partial charge in [-0.25, -0.2) is 0 Å². The zero-order valence-corrected chi connectivity index (χ0v) is 26.6. The van der Waals surface area contributed by atoms with Crippen LogP contribution in [0.2, 0.25) is 0 Å². The summed E-state index contributed by atoms with van der Waals surface area (Å²) in [6, 6.07) is 9.55. The lowest BCUT2D eigenvalue weighted by Gasteiger charge is -2.58. The molecule has 0 radical (unpaired) electrons. The van der Waals surface area contributed by atoms with Crippen molar-refractivity contribution in [1.29, 1.82) is 0 Å². The van der Waals surface area contributed by atoms with Crippen molar-refractivity contribution in [2.75, 3.05) is 6.61 Å². The van der Waals surface area contributed by atoms with Crippen molar-refractivity contribution < 1.29 is 19.4 Å². The van der Waals surface area contributed by atoms with Gasteiger partial charge in [-0.15, -0.1) is 0 Å². The van der Waals surface area contributed by atoms with Gasteiger partial charge in [0.05, 0.1) is 18.3 Å². The fourth-order valence-corrected chi connectivity index (χ4v) is 10.9. The van der Waals surface area contributed by atoms with Gasteiger partial charge in [-0.05, 0) is 104 Å². The first kappa shape index (κ1) is 30.8. The van der Waals surface area contributed by atoms with Crippen molar-refractivity contribution in [2.45, 2.75) is 118 Å². The van der Waals surface area contributed by atoms with Gasteiger partial charge in [-0.1, -0.05) is 83.5 Å². The molecule has 41 heavy (non-hydrogen) atoms. The van der Waals surface area contributed by atoms with E-state index in [1.165, 1.54) is 44.9 Å². The number of benzene rings is 1. The average molecular weight is 565 g/mol. The van der Waals surface area contributed by atoms with Crippen molar-refractivity contribution in [1.82, 2.24) is 0 Å². The molecule has 2 saturated heterocycles. The summed E-state index contributed by atoms with van der Waals surface area (Å²) in [4.78, 5) is 9.76. The largest absolute Gasteiger partial charge is 0.463 e. The highest BCUT2D eigenvalue weighted by molar-refractivity contribution is 5.46. The van der Waals surface area contributed by atoms with Crippen LogP contribution in [-0.4, -0.2) is 29.9 Å². The molecule has 0 aromatic heterocycles. The van der Waals surface area contributed by atoms with Gasteiger partial charge < -0.3 is 14.6 Å². The lowest BCUT2D eigenvalue weighted by molar-refractivity contribution is -0.129. The number of aliphatic hydroxyl groups is 1. The number of hydrogen-bond acceptors (Lipinski definition) is 4. The van der Waals surface area contributed by atoms with Gasteiger partial charge in [0, 0.05) is 11.3 Å². The first-order valence-corrected chi connectivity index (χ1v) is 16.9. The third-order valence-electron chi connectivity index (χ3n) is 12.6. The van der Waals surface area contributed by atoms with Crippen molar-refractivity contribution in [3.05, 3.63) is 47.5 Å². The molecular formula is C37H56O4. The Hall–Kier alpha value is -1.65. The molecule has 10 atom stereocenters. The third-order valence-corrected chi connectivity index (χ3v) is 12.6. The molecule has 2 bridgehead atoms. The highest BCUT2D eigenvalue weighted by Gasteiger charge is 2.84. The molecule has 1 aromatic carbocycles. The van der Waals surface area contributed by atoms with Gasteiger partial charge in [0.2, 0.25) is 0 Å². The van der Waals surface area contributed by atoms with Crippen LogP contribution >= 0.6 is 0 Å². The molecular weight excluding hydrogens is 508 g/mol. The summed E-state index contributed by atoms with van der Waals surface area (Å²) >= 11 is 0. The summed E-state index contributed by atoms with van der Waals surface area (Å²) in [6.07, 6.45) is 14.4. The summed E-state index contributed by atoms with van der Waals surface area (Å²) in [5, 5.41) is 10.9. The molecule has 4 nitrogen and oxygen atoms in total. The molecule has 5 aliphatic carbocycles. The number of rotatable bonds is 5. The van der Waals surface area contributed by atoms with Crippen LogP contribution in [0.1, 0.15) is 105 Å². The fraction of sp³-hybridized carbons (Fsp3) is 0.757. The predicted molar refractivity (Wildman–Crippen MR) is 165 cm³/mol. The van der Waals surface area contributed by atoms with Crippen molar-refractivity contribution in [2.24, 2.45) is 52.3 Å². The van der Waals surface area contributed by atoms with E-state index in [9.17, 15) is 9.90 Å². The number of aliphatic hydroxyl groups excluding tert-OH is 1. The maximum Gasteiger partial charge on any atom is 0.293 e. The fourth-order valence-electron chi connectivity index (χ4n) is 10.9. The second-order valence-corrected chi connectivity index (χ2v) is 14.6. The standard InChI is InChI=1S/C27H42O2.C8H8O2.C2H6/c1-16(2)13-18-9-11-25(4)19(14-18)5-6-23-22(25)8-7-21-20-15-29-26(12-10-24(20)28)17(3)27(21,23)26;9-7-10-6-8-4-2-1-3-5-8;1-2/h6,16-22,24,28H,5,7-15H2,1-4H3;1-5,7H,6H2;1-2H3. The van der Waals surface area contributed by atoms with Gasteiger partial charge in [0.25, 0.3) is 6.47 Å². The molecule has 1 N–H and O–H groups in total. The highest BCUT2D eigenvalue weighted by atomic mass is 16.5. The first-order chi connectivity index (χ1) is 19.8. The smallest absolute Gasteiger partial charge is 0.293 e. The molecule has 228 valence electrons. The molecule has 10 unspecified atom stereocenters. The van der Waals surface area contributed by atoms with Gasteiger partial charge in [0.15, 0.2) is 0 Å². The molecule has 4 heteroatoms. The van der Waals surface area contributed by atoms with E-state index in [-0.39, 0.29) is 17.1 Å². The van der Waals surface area contributed by atoms with Crippen LogP contribution in [0.15, 0.2) is 42.0 Å². The van der Waals surface area contributed by atoms with E-state index in [2.05, 4.69) is 38.5 Å². The van der Waals surface area contributed by atoms with Gasteiger partial charge in [-0.3, -0.25) is 4.79 Å². The summed E-state index contributed by atoms with van der Waals surface area (Å²) in [6.45, 7) is 15.6. The quantitative estimate of drug-likeness (QED) is 0.288. The van der Waals surface area contributed by atoms with Crippen LogP contribution < -0.4 is 0 Å². The molecule has 7 aliphatic rings. The number of fused-ring (bicyclic) bond motifs is 6. The second kappa shape index (κ2) is 12.2. The highest BCUT2D eigenvalue weighted by Crippen LogP contribution is 2.83.